The third-order valence-corrected chi connectivity index (χ3v) is 1.70. The van der Waals surface area contributed by atoms with Gasteiger partial charge in [-0.15, -0.1) is 0 Å². The molecule has 6 heteroatoms. The quantitative estimate of drug-likeness (QED) is 0.773. The summed E-state index contributed by atoms with van der Waals surface area (Å²) in [7, 11) is 0. The molecule has 0 aliphatic rings. The van der Waals surface area contributed by atoms with Crippen molar-refractivity contribution >= 4 is 0 Å². The number of rotatable bonds is 2. The van der Waals surface area contributed by atoms with Crippen molar-refractivity contribution in [2.75, 3.05) is 0 Å². The van der Waals surface area contributed by atoms with E-state index >= 15 is 0 Å². The number of nitrogens with one attached hydrogen (secondary N) is 1. The molecular weight excluding hydrogens is 199 g/mol. The van der Waals surface area contributed by atoms with Gasteiger partial charge < -0.3 is 10.1 Å². The highest BCUT2D eigenvalue weighted by molar-refractivity contribution is 5.28. The maximum atomic E-state index is 11.8. The van der Waals surface area contributed by atoms with E-state index in [1.54, 1.807) is 0 Å². The van der Waals surface area contributed by atoms with Crippen molar-refractivity contribution in [2.45, 2.75) is 19.0 Å². The van der Waals surface area contributed by atoms with Gasteiger partial charge in [-0.1, -0.05) is 0 Å². The van der Waals surface area contributed by atoms with E-state index in [0.29, 0.717) is 0 Å². The second kappa shape index (κ2) is 3.73. The summed E-state index contributed by atoms with van der Waals surface area (Å²) in [5.41, 5.74) is -0.768. The normalized spacial score (nSPS) is 11.6. The van der Waals surface area contributed by atoms with E-state index in [2.05, 4.69) is 4.98 Å². The van der Waals surface area contributed by atoms with E-state index in [1.807, 2.05) is 0 Å². The van der Waals surface area contributed by atoms with Crippen molar-refractivity contribution in [2.24, 2.45) is 0 Å². The fraction of sp³-hybridized carbons (Fsp3) is 0.375. The Morgan fingerprint density at radius 3 is 2.64 bits per heavy atom. The van der Waals surface area contributed by atoms with Crippen molar-refractivity contribution in [3.63, 3.8) is 0 Å². The van der Waals surface area contributed by atoms with Gasteiger partial charge in [-0.25, -0.2) is 0 Å². The molecule has 1 aromatic heterocycles. The van der Waals surface area contributed by atoms with Gasteiger partial charge >= 0.3 is 6.18 Å². The minimum Gasteiger partial charge on any atom is -0.503 e. The number of halogens is 3. The summed E-state index contributed by atoms with van der Waals surface area (Å²) in [4.78, 5) is 12.9. The van der Waals surface area contributed by atoms with Gasteiger partial charge in [0.05, 0.1) is 0 Å². The van der Waals surface area contributed by atoms with Crippen LogP contribution in [0.1, 0.15) is 12.0 Å². The van der Waals surface area contributed by atoms with Gasteiger partial charge in [-0.05, 0) is 12.5 Å². The lowest BCUT2D eigenvalue weighted by Crippen LogP contribution is -2.11. The zero-order valence-electron chi connectivity index (χ0n) is 7.06. The predicted molar refractivity (Wildman–Crippen MR) is 43.1 cm³/mol. The van der Waals surface area contributed by atoms with Crippen molar-refractivity contribution in [1.82, 2.24) is 4.98 Å². The van der Waals surface area contributed by atoms with Crippen molar-refractivity contribution in [3.8, 4) is 5.75 Å². The number of aromatic amines is 1. The number of hydrogen-bond acceptors (Lipinski definition) is 2. The third-order valence-electron chi connectivity index (χ3n) is 1.70. The Bertz CT molecular complexity index is 370. The molecule has 0 saturated carbocycles. The topological polar surface area (TPSA) is 53.1 Å². The van der Waals surface area contributed by atoms with Crippen LogP contribution in [-0.2, 0) is 6.42 Å². The van der Waals surface area contributed by atoms with Crippen LogP contribution in [0.15, 0.2) is 17.1 Å². The van der Waals surface area contributed by atoms with Gasteiger partial charge in [0.1, 0.15) is 0 Å². The summed E-state index contributed by atoms with van der Waals surface area (Å²) >= 11 is 0. The van der Waals surface area contributed by atoms with E-state index in [0.717, 1.165) is 0 Å². The number of hydrogen-bond donors (Lipinski definition) is 2. The van der Waals surface area contributed by atoms with Crippen LogP contribution in [0.3, 0.4) is 0 Å². The highest BCUT2D eigenvalue weighted by atomic mass is 19.4. The first kappa shape index (κ1) is 10.6. The van der Waals surface area contributed by atoms with Gasteiger partial charge in [0.2, 0.25) is 0 Å². The molecule has 0 bridgehead atoms. The third kappa shape index (κ3) is 2.79. The minimum absolute atomic E-state index is 0.00563. The molecule has 0 atom stereocenters. The maximum Gasteiger partial charge on any atom is 0.389 e. The molecule has 2 N–H and O–H groups in total. The van der Waals surface area contributed by atoms with E-state index in [9.17, 15) is 18.0 Å². The van der Waals surface area contributed by atoms with Crippen molar-refractivity contribution in [1.29, 1.82) is 0 Å². The number of H-pyrrole nitrogens is 1. The summed E-state index contributed by atoms with van der Waals surface area (Å²) in [6.45, 7) is 0. The van der Waals surface area contributed by atoms with E-state index in [1.165, 1.54) is 12.3 Å². The van der Waals surface area contributed by atoms with Crippen LogP contribution in [0.5, 0.6) is 5.75 Å². The molecule has 0 saturated heterocycles. The van der Waals surface area contributed by atoms with E-state index < -0.39 is 23.9 Å². The number of aromatic nitrogens is 1. The first-order valence-electron chi connectivity index (χ1n) is 3.86. The van der Waals surface area contributed by atoms with Gasteiger partial charge in [0.25, 0.3) is 5.56 Å². The van der Waals surface area contributed by atoms with Crippen LogP contribution in [0.4, 0.5) is 13.2 Å². The van der Waals surface area contributed by atoms with Gasteiger partial charge in [0.15, 0.2) is 5.75 Å². The smallest absolute Gasteiger partial charge is 0.389 e. The predicted octanol–water partition coefficient (Wildman–Crippen LogP) is 1.58. The molecule has 78 valence electrons. The Hall–Kier alpha value is -1.46. The summed E-state index contributed by atoms with van der Waals surface area (Å²) in [6.07, 6.45) is -4.52. The Morgan fingerprint density at radius 2 is 2.07 bits per heavy atom. The molecule has 0 spiro atoms. The molecule has 0 fully saturated rings. The number of pyridine rings is 1. The monoisotopic (exact) mass is 207 g/mol. The highest BCUT2D eigenvalue weighted by Gasteiger charge is 2.27. The Morgan fingerprint density at radius 1 is 1.43 bits per heavy atom. The van der Waals surface area contributed by atoms with Gasteiger partial charge in [-0.3, -0.25) is 4.79 Å². The van der Waals surface area contributed by atoms with Crippen molar-refractivity contribution < 1.29 is 18.3 Å². The standard InChI is InChI=1S/C8H8F3NO2/c9-8(10,11)3-1-5-2-4-12-7(14)6(5)13/h2,4,13H,1,3H2,(H,12,14). The molecule has 0 unspecified atom stereocenters. The van der Waals surface area contributed by atoms with E-state index in [4.69, 9.17) is 5.11 Å². The Kier molecular flexibility index (Phi) is 2.83. The lowest BCUT2D eigenvalue weighted by atomic mass is 10.1. The fourth-order valence-corrected chi connectivity index (χ4v) is 0.989. The van der Waals surface area contributed by atoms with Crippen molar-refractivity contribution in [3.05, 3.63) is 28.2 Å². The summed E-state index contributed by atoms with van der Waals surface area (Å²) in [6, 6.07) is 1.25. The average molecular weight is 207 g/mol. The lowest BCUT2D eigenvalue weighted by Gasteiger charge is -2.06. The van der Waals surface area contributed by atoms with Crippen LogP contribution in [0, 0.1) is 0 Å². The zero-order chi connectivity index (χ0) is 10.8. The molecular formula is C8H8F3NO2. The van der Waals surface area contributed by atoms with Gasteiger partial charge in [0, 0.05) is 18.2 Å². The second-order valence-corrected chi connectivity index (χ2v) is 2.80. The Balaban J connectivity index is 2.78. The first-order chi connectivity index (χ1) is 6.40. The largest absolute Gasteiger partial charge is 0.503 e. The molecule has 0 aliphatic carbocycles. The number of aromatic hydroxyl groups is 1. The van der Waals surface area contributed by atoms with Crippen LogP contribution < -0.4 is 5.56 Å². The zero-order valence-corrected chi connectivity index (χ0v) is 7.06. The lowest BCUT2D eigenvalue weighted by molar-refractivity contribution is -0.134. The number of alkyl halides is 3. The number of aryl methyl sites for hydroxylation is 1. The van der Waals surface area contributed by atoms with Crippen LogP contribution in [-0.4, -0.2) is 16.3 Å². The fourth-order valence-electron chi connectivity index (χ4n) is 0.989. The van der Waals surface area contributed by atoms with Crippen LogP contribution >= 0.6 is 0 Å². The first-order valence-corrected chi connectivity index (χ1v) is 3.86. The van der Waals surface area contributed by atoms with Crippen LogP contribution in [0.2, 0.25) is 0 Å². The summed E-state index contributed by atoms with van der Waals surface area (Å²) in [5.74, 6) is -0.642. The second-order valence-electron chi connectivity index (χ2n) is 2.80. The molecule has 1 aromatic rings. The van der Waals surface area contributed by atoms with Gasteiger partial charge in [-0.2, -0.15) is 13.2 Å². The maximum absolute atomic E-state index is 11.8. The van der Waals surface area contributed by atoms with Crippen LogP contribution in [0.25, 0.3) is 0 Å². The average Bonchev–Trinajstić information content (AvgIpc) is 2.06. The minimum atomic E-state index is -4.28. The molecule has 1 heterocycles. The molecule has 0 aromatic carbocycles. The highest BCUT2D eigenvalue weighted by Crippen LogP contribution is 2.23. The molecule has 1 rings (SSSR count). The SMILES string of the molecule is O=c1[nH]ccc(CCC(F)(F)F)c1O. The van der Waals surface area contributed by atoms with E-state index in [-0.39, 0.29) is 12.0 Å². The molecule has 0 aliphatic heterocycles. The summed E-state index contributed by atoms with van der Waals surface area (Å²) < 4.78 is 35.4. The molecule has 0 amide bonds. The molecule has 14 heavy (non-hydrogen) atoms. The summed E-state index contributed by atoms with van der Waals surface area (Å²) in [5, 5.41) is 9.08. The molecule has 0 radical (unpaired) electrons. The molecule has 3 nitrogen and oxygen atoms in total. The Labute approximate surface area is 77.2 Å².